The average Bonchev–Trinajstić information content (AvgIpc) is 2.83. The number of halogens is 3. The zero-order valence-corrected chi connectivity index (χ0v) is 20.3. The number of benzene rings is 2. The van der Waals surface area contributed by atoms with Crippen LogP contribution in [-0.2, 0) is 12.6 Å². The van der Waals surface area contributed by atoms with Crippen molar-refractivity contribution in [2.75, 3.05) is 17.2 Å². The summed E-state index contributed by atoms with van der Waals surface area (Å²) >= 11 is 0. The third kappa shape index (κ3) is 8.46. The molecule has 0 saturated heterocycles. The summed E-state index contributed by atoms with van der Waals surface area (Å²) < 4.78 is 46.7. The number of hydrogen-bond acceptors (Lipinski definition) is 5. The second kappa shape index (κ2) is 13.0. The number of hydrogen-bond donors (Lipinski definition) is 2. The highest BCUT2D eigenvalue weighted by Crippen LogP contribution is 2.35. The first kappa shape index (κ1) is 26.3. The number of rotatable bonds is 13. The molecule has 0 unspecified atom stereocenters. The van der Waals surface area contributed by atoms with Gasteiger partial charge in [0.25, 0.3) is 0 Å². The summed E-state index contributed by atoms with van der Waals surface area (Å²) in [6.45, 7) is 4.85. The largest absolute Gasteiger partial charge is 0.494 e. The van der Waals surface area contributed by atoms with Crippen LogP contribution in [0.3, 0.4) is 0 Å². The molecule has 0 aliphatic carbocycles. The predicted octanol–water partition coefficient (Wildman–Crippen LogP) is 8.28. The number of anilines is 4. The molecule has 2 aromatic carbocycles. The van der Waals surface area contributed by atoms with E-state index in [1.165, 1.54) is 5.56 Å². The molecule has 1 heterocycles. The molecule has 0 atom stereocenters. The summed E-state index contributed by atoms with van der Waals surface area (Å²) in [5.74, 6) is 0.343. The summed E-state index contributed by atoms with van der Waals surface area (Å²) in [7, 11) is 0. The Kier molecular flexibility index (Phi) is 9.76. The van der Waals surface area contributed by atoms with Crippen molar-refractivity contribution in [2.45, 2.75) is 65.0 Å². The van der Waals surface area contributed by atoms with Crippen LogP contribution in [0.15, 0.2) is 54.7 Å². The van der Waals surface area contributed by atoms with Gasteiger partial charge in [-0.2, -0.15) is 18.2 Å². The molecule has 0 bridgehead atoms. The number of unbranched alkanes of at least 4 members (excludes halogenated alkanes) is 4. The second-order valence-corrected chi connectivity index (χ2v) is 8.44. The van der Waals surface area contributed by atoms with E-state index in [0.717, 1.165) is 51.1 Å². The fraction of sp³-hybridized carbons (Fsp3) is 0.407. The lowest BCUT2D eigenvalue weighted by molar-refractivity contribution is -0.137. The summed E-state index contributed by atoms with van der Waals surface area (Å²) in [6, 6.07) is 14.6. The Hall–Kier alpha value is -3.29. The maximum Gasteiger partial charge on any atom is 0.421 e. The Bertz CT molecular complexity index is 1060. The van der Waals surface area contributed by atoms with Crippen molar-refractivity contribution < 1.29 is 17.9 Å². The lowest BCUT2D eigenvalue weighted by Gasteiger charge is -2.15. The third-order valence-corrected chi connectivity index (χ3v) is 5.49. The van der Waals surface area contributed by atoms with Crippen molar-refractivity contribution >= 4 is 23.1 Å². The fourth-order valence-corrected chi connectivity index (χ4v) is 3.53. The van der Waals surface area contributed by atoms with Crippen LogP contribution < -0.4 is 15.4 Å². The van der Waals surface area contributed by atoms with Gasteiger partial charge < -0.3 is 15.4 Å². The molecule has 5 nitrogen and oxygen atoms in total. The summed E-state index contributed by atoms with van der Waals surface area (Å²) in [4.78, 5) is 8.02. The third-order valence-electron chi connectivity index (χ3n) is 5.49. The minimum absolute atomic E-state index is 0.0742. The summed E-state index contributed by atoms with van der Waals surface area (Å²) in [5.41, 5.74) is 1.42. The van der Waals surface area contributed by atoms with Gasteiger partial charge in [-0.15, -0.1) is 0 Å². The van der Waals surface area contributed by atoms with Crippen molar-refractivity contribution in [1.29, 1.82) is 0 Å². The lowest BCUT2D eigenvalue weighted by atomic mass is 10.1. The van der Waals surface area contributed by atoms with E-state index in [1.807, 2.05) is 24.3 Å². The van der Waals surface area contributed by atoms with Crippen LogP contribution >= 0.6 is 0 Å². The van der Waals surface area contributed by atoms with Gasteiger partial charge in [-0.25, -0.2) is 4.98 Å². The van der Waals surface area contributed by atoms with E-state index in [2.05, 4.69) is 34.4 Å². The standard InChI is InChI=1S/C27H33F3N4O/c1-3-5-7-8-17-35-23-12-9-11-22(18-23)32-25-24(27(28,29)30)19-31-26(34-25)33-21-15-13-20(14-16-21)10-6-4-2/h9,11-16,18-19H,3-8,10,17H2,1-2H3,(H2,31,32,33,34). The van der Waals surface area contributed by atoms with Gasteiger partial charge >= 0.3 is 6.18 Å². The minimum Gasteiger partial charge on any atom is -0.494 e. The Morgan fingerprint density at radius 2 is 1.63 bits per heavy atom. The van der Waals surface area contributed by atoms with Crippen molar-refractivity contribution in [1.82, 2.24) is 9.97 Å². The Morgan fingerprint density at radius 3 is 2.34 bits per heavy atom. The highest BCUT2D eigenvalue weighted by Gasteiger charge is 2.35. The molecule has 3 aromatic rings. The number of nitrogens with zero attached hydrogens (tertiary/aromatic N) is 2. The summed E-state index contributed by atoms with van der Waals surface area (Å²) in [5, 5.41) is 5.79. The van der Waals surface area contributed by atoms with Crippen molar-refractivity contribution in [2.24, 2.45) is 0 Å². The molecular weight excluding hydrogens is 453 g/mol. The average molecular weight is 487 g/mol. The molecule has 3 rings (SSSR count). The highest BCUT2D eigenvalue weighted by molar-refractivity contribution is 5.64. The highest BCUT2D eigenvalue weighted by atomic mass is 19.4. The van der Waals surface area contributed by atoms with Gasteiger partial charge in [-0.3, -0.25) is 0 Å². The van der Waals surface area contributed by atoms with E-state index in [0.29, 0.717) is 23.7 Å². The molecule has 1 aromatic heterocycles. The van der Waals surface area contributed by atoms with Crippen LogP contribution in [0.4, 0.5) is 36.3 Å². The topological polar surface area (TPSA) is 59.1 Å². The molecule has 35 heavy (non-hydrogen) atoms. The first-order valence-electron chi connectivity index (χ1n) is 12.2. The number of aryl methyl sites for hydroxylation is 1. The number of nitrogens with one attached hydrogen (secondary N) is 2. The zero-order valence-electron chi connectivity index (χ0n) is 20.3. The van der Waals surface area contributed by atoms with Crippen LogP contribution in [0.25, 0.3) is 0 Å². The summed E-state index contributed by atoms with van der Waals surface area (Å²) in [6.07, 6.45) is 3.71. The quantitative estimate of drug-likeness (QED) is 0.238. The monoisotopic (exact) mass is 486 g/mol. The first-order valence-corrected chi connectivity index (χ1v) is 12.2. The van der Waals surface area contributed by atoms with E-state index in [-0.39, 0.29) is 11.8 Å². The molecule has 0 saturated carbocycles. The normalized spacial score (nSPS) is 11.3. The Morgan fingerprint density at radius 1 is 0.857 bits per heavy atom. The van der Waals surface area contributed by atoms with E-state index in [4.69, 9.17) is 4.74 Å². The van der Waals surface area contributed by atoms with Crippen LogP contribution in [0.5, 0.6) is 5.75 Å². The van der Waals surface area contributed by atoms with Gasteiger partial charge in [0, 0.05) is 23.6 Å². The molecule has 0 radical (unpaired) electrons. The SMILES string of the molecule is CCCCCCOc1cccc(Nc2nc(Nc3ccc(CCCC)cc3)ncc2C(F)(F)F)c1. The molecule has 2 N–H and O–H groups in total. The van der Waals surface area contributed by atoms with E-state index in [9.17, 15) is 13.2 Å². The molecule has 0 amide bonds. The van der Waals surface area contributed by atoms with Gasteiger partial charge in [0.15, 0.2) is 0 Å². The lowest BCUT2D eigenvalue weighted by Crippen LogP contribution is -2.12. The Labute approximate surface area is 205 Å². The minimum atomic E-state index is -4.60. The van der Waals surface area contributed by atoms with Gasteiger partial charge in [0.1, 0.15) is 17.1 Å². The molecular formula is C27H33F3N4O. The maximum atomic E-state index is 13.6. The van der Waals surface area contributed by atoms with Crippen LogP contribution in [-0.4, -0.2) is 16.6 Å². The molecule has 8 heteroatoms. The van der Waals surface area contributed by atoms with Crippen LogP contribution in [0.2, 0.25) is 0 Å². The van der Waals surface area contributed by atoms with E-state index < -0.39 is 11.7 Å². The van der Waals surface area contributed by atoms with E-state index >= 15 is 0 Å². The van der Waals surface area contributed by atoms with Crippen LogP contribution in [0, 0.1) is 0 Å². The smallest absolute Gasteiger partial charge is 0.421 e. The number of aromatic nitrogens is 2. The first-order chi connectivity index (χ1) is 16.9. The van der Waals surface area contributed by atoms with Crippen molar-refractivity contribution in [3.63, 3.8) is 0 Å². The molecule has 0 aliphatic heterocycles. The van der Waals surface area contributed by atoms with Crippen molar-refractivity contribution in [3.05, 3.63) is 65.9 Å². The predicted molar refractivity (Wildman–Crippen MR) is 135 cm³/mol. The molecule has 0 fully saturated rings. The number of alkyl halides is 3. The van der Waals surface area contributed by atoms with Gasteiger partial charge in [-0.05, 0) is 49.1 Å². The second-order valence-electron chi connectivity index (χ2n) is 8.44. The van der Waals surface area contributed by atoms with Crippen molar-refractivity contribution in [3.8, 4) is 5.75 Å². The Balaban J connectivity index is 1.74. The van der Waals surface area contributed by atoms with Gasteiger partial charge in [0.2, 0.25) is 5.95 Å². The molecule has 0 aliphatic rings. The number of ether oxygens (including phenoxy) is 1. The zero-order chi connectivity index (χ0) is 25.1. The van der Waals surface area contributed by atoms with Gasteiger partial charge in [0.05, 0.1) is 6.61 Å². The maximum absolute atomic E-state index is 13.6. The van der Waals surface area contributed by atoms with Gasteiger partial charge in [-0.1, -0.05) is 57.7 Å². The molecule has 188 valence electrons. The van der Waals surface area contributed by atoms with E-state index in [1.54, 1.807) is 24.3 Å². The molecule has 0 spiro atoms. The van der Waals surface area contributed by atoms with Crippen LogP contribution in [0.1, 0.15) is 63.5 Å². The fourth-order valence-electron chi connectivity index (χ4n) is 3.53.